The lowest BCUT2D eigenvalue weighted by Crippen LogP contribution is -2.58. The summed E-state index contributed by atoms with van der Waals surface area (Å²) in [6.07, 6.45) is 0.796. The summed E-state index contributed by atoms with van der Waals surface area (Å²) in [4.78, 5) is 60.6. The minimum Gasteiger partial charge on any atom is -0.481 e. The molecule has 3 amide bonds. The highest BCUT2D eigenvalue weighted by Gasteiger charge is 2.32. The Kier molecular flexibility index (Phi) is 13.9. The minimum atomic E-state index is -1.46. The molecule has 0 aromatic heterocycles. The van der Waals surface area contributed by atoms with Gasteiger partial charge in [-0.2, -0.15) is 0 Å². The molecule has 33 heavy (non-hydrogen) atoms. The summed E-state index contributed by atoms with van der Waals surface area (Å²) < 4.78 is 0. The van der Waals surface area contributed by atoms with E-state index >= 15 is 0 Å². The minimum absolute atomic E-state index is 0.108. The number of nitrogens with two attached hydrogens (primary N) is 2. The molecule has 12 heteroatoms. The van der Waals surface area contributed by atoms with Gasteiger partial charge in [-0.15, -0.1) is 0 Å². The second-order valence-corrected chi connectivity index (χ2v) is 8.81. The van der Waals surface area contributed by atoms with Crippen LogP contribution in [-0.4, -0.2) is 70.6 Å². The lowest BCUT2D eigenvalue weighted by molar-refractivity contribution is -0.144. The maximum atomic E-state index is 12.8. The van der Waals surface area contributed by atoms with Crippen LogP contribution in [0.5, 0.6) is 0 Å². The van der Waals surface area contributed by atoms with Crippen LogP contribution in [0.25, 0.3) is 0 Å². The maximum Gasteiger partial charge on any atom is 0.326 e. The van der Waals surface area contributed by atoms with Gasteiger partial charge in [0.15, 0.2) is 0 Å². The molecule has 0 spiro atoms. The summed E-state index contributed by atoms with van der Waals surface area (Å²) in [6.45, 7) is 7.33. The molecule has 0 aliphatic rings. The van der Waals surface area contributed by atoms with Crippen LogP contribution < -0.4 is 27.4 Å². The Bertz CT molecular complexity index is 684. The molecule has 0 fully saturated rings. The van der Waals surface area contributed by atoms with Crippen molar-refractivity contribution in [1.29, 1.82) is 0 Å². The largest absolute Gasteiger partial charge is 0.481 e. The molecular formula is C21H39N5O7. The Hall–Kier alpha value is -2.73. The second-order valence-electron chi connectivity index (χ2n) is 8.81. The predicted molar refractivity (Wildman–Crippen MR) is 121 cm³/mol. The van der Waals surface area contributed by atoms with E-state index in [1.54, 1.807) is 13.8 Å². The fraction of sp³-hybridized carbons (Fsp3) is 0.762. The van der Waals surface area contributed by atoms with Crippen molar-refractivity contribution < 1.29 is 34.2 Å². The number of amides is 3. The third kappa shape index (κ3) is 12.2. The second kappa shape index (κ2) is 15.2. The molecule has 4 atom stereocenters. The molecular weight excluding hydrogens is 434 g/mol. The zero-order chi connectivity index (χ0) is 25.7. The first-order chi connectivity index (χ1) is 15.3. The highest BCUT2D eigenvalue weighted by Crippen LogP contribution is 2.08. The number of hydrogen-bond donors (Lipinski definition) is 7. The van der Waals surface area contributed by atoms with Crippen molar-refractivity contribution in [2.45, 2.75) is 84.0 Å². The SMILES string of the molecule is CC(C)CC(N)C(=O)NC(CC(=O)O)C(=O)NC(CCCCN)C(=O)NC(C(=O)O)C(C)C. The monoisotopic (exact) mass is 473 g/mol. The van der Waals surface area contributed by atoms with Gasteiger partial charge in [0.25, 0.3) is 0 Å². The van der Waals surface area contributed by atoms with E-state index in [1.807, 2.05) is 13.8 Å². The van der Waals surface area contributed by atoms with Crippen molar-refractivity contribution in [3.05, 3.63) is 0 Å². The Morgan fingerprint density at radius 3 is 1.82 bits per heavy atom. The summed E-state index contributed by atoms with van der Waals surface area (Å²) in [6, 6.07) is -4.70. The van der Waals surface area contributed by atoms with Gasteiger partial charge in [-0.05, 0) is 44.1 Å². The van der Waals surface area contributed by atoms with Gasteiger partial charge in [0.1, 0.15) is 18.1 Å². The molecule has 0 aliphatic carbocycles. The first-order valence-corrected chi connectivity index (χ1v) is 11.1. The summed E-state index contributed by atoms with van der Waals surface area (Å²) in [5, 5.41) is 25.7. The molecule has 0 saturated heterocycles. The summed E-state index contributed by atoms with van der Waals surface area (Å²) in [5.74, 6) is -5.14. The quantitative estimate of drug-likeness (QED) is 0.139. The topological polar surface area (TPSA) is 214 Å². The van der Waals surface area contributed by atoms with Crippen LogP contribution in [0.1, 0.15) is 59.8 Å². The Labute approximate surface area is 194 Å². The molecule has 0 radical (unpaired) electrons. The molecule has 9 N–H and O–H groups in total. The molecule has 0 aromatic rings. The fourth-order valence-electron chi connectivity index (χ4n) is 3.08. The number of carboxylic acid groups (broad SMARTS) is 2. The van der Waals surface area contributed by atoms with Crippen LogP contribution in [0.4, 0.5) is 0 Å². The van der Waals surface area contributed by atoms with Crippen LogP contribution in [0, 0.1) is 11.8 Å². The third-order valence-corrected chi connectivity index (χ3v) is 4.88. The smallest absolute Gasteiger partial charge is 0.326 e. The highest BCUT2D eigenvalue weighted by molar-refractivity contribution is 5.95. The van der Waals surface area contributed by atoms with Gasteiger partial charge in [-0.3, -0.25) is 19.2 Å². The third-order valence-electron chi connectivity index (χ3n) is 4.88. The van der Waals surface area contributed by atoms with Crippen LogP contribution in [0.2, 0.25) is 0 Å². The van der Waals surface area contributed by atoms with Gasteiger partial charge >= 0.3 is 11.9 Å². The van der Waals surface area contributed by atoms with Gasteiger partial charge in [-0.25, -0.2) is 4.79 Å². The lowest BCUT2D eigenvalue weighted by atomic mass is 10.0. The molecule has 0 bridgehead atoms. The van der Waals surface area contributed by atoms with E-state index in [-0.39, 0.29) is 12.3 Å². The van der Waals surface area contributed by atoms with Crippen LogP contribution in [0.15, 0.2) is 0 Å². The maximum absolute atomic E-state index is 12.8. The first-order valence-electron chi connectivity index (χ1n) is 11.1. The fourth-order valence-corrected chi connectivity index (χ4v) is 3.08. The van der Waals surface area contributed by atoms with E-state index in [2.05, 4.69) is 16.0 Å². The van der Waals surface area contributed by atoms with Gasteiger partial charge in [-0.1, -0.05) is 27.7 Å². The number of aliphatic carboxylic acids is 2. The molecule has 0 aromatic carbocycles. The van der Waals surface area contributed by atoms with E-state index in [0.717, 1.165) is 0 Å². The van der Waals surface area contributed by atoms with E-state index in [4.69, 9.17) is 16.6 Å². The standard InChI is InChI=1S/C21H39N5O7/c1-11(2)9-13(23)18(29)25-15(10-16(27)28)20(31)24-14(7-5-6-8-22)19(30)26-17(12(3)4)21(32)33/h11-15,17H,5-10,22-23H2,1-4H3,(H,24,31)(H,25,29)(H,26,30)(H,27,28)(H,32,33). The van der Waals surface area contributed by atoms with Gasteiger partial charge in [0, 0.05) is 0 Å². The van der Waals surface area contributed by atoms with Crippen LogP contribution in [0.3, 0.4) is 0 Å². The highest BCUT2D eigenvalue weighted by atomic mass is 16.4. The molecule has 0 rings (SSSR count). The number of nitrogens with one attached hydrogen (secondary N) is 3. The zero-order valence-corrected chi connectivity index (χ0v) is 19.8. The number of carbonyl (C=O) groups is 5. The lowest BCUT2D eigenvalue weighted by Gasteiger charge is -2.25. The van der Waals surface area contributed by atoms with Crippen molar-refractivity contribution in [2.75, 3.05) is 6.54 Å². The van der Waals surface area contributed by atoms with Crippen LogP contribution in [-0.2, 0) is 24.0 Å². The van der Waals surface area contributed by atoms with E-state index in [1.165, 1.54) is 0 Å². The van der Waals surface area contributed by atoms with Crippen LogP contribution >= 0.6 is 0 Å². The van der Waals surface area contributed by atoms with E-state index < -0.39 is 66.2 Å². The van der Waals surface area contributed by atoms with Crippen molar-refractivity contribution >= 4 is 29.7 Å². The number of rotatable bonds is 16. The molecule has 12 nitrogen and oxygen atoms in total. The van der Waals surface area contributed by atoms with Crippen molar-refractivity contribution in [2.24, 2.45) is 23.3 Å². The summed E-state index contributed by atoms with van der Waals surface area (Å²) in [7, 11) is 0. The Morgan fingerprint density at radius 1 is 0.818 bits per heavy atom. The number of hydrogen-bond acceptors (Lipinski definition) is 7. The first kappa shape index (κ1) is 30.3. The molecule has 0 aliphatic heterocycles. The molecule has 0 saturated carbocycles. The average molecular weight is 474 g/mol. The normalized spacial score (nSPS) is 14.8. The van der Waals surface area contributed by atoms with Gasteiger partial charge in [0.05, 0.1) is 12.5 Å². The zero-order valence-electron chi connectivity index (χ0n) is 19.8. The predicted octanol–water partition coefficient (Wildman–Crippen LogP) is -0.841. The van der Waals surface area contributed by atoms with Crippen molar-refractivity contribution in [3.8, 4) is 0 Å². The summed E-state index contributed by atoms with van der Waals surface area (Å²) in [5.41, 5.74) is 11.3. The average Bonchev–Trinajstić information content (AvgIpc) is 2.69. The molecule has 190 valence electrons. The van der Waals surface area contributed by atoms with Crippen molar-refractivity contribution in [3.63, 3.8) is 0 Å². The van der Waals surface area contributed by atoms with Gasteiger partial charge < -0.3 is 37.6 Å². The number of unbranched alkanes of at least 4 members (excludes halogenated alkanes) is 1. The Morgan fingerprint density at radius 2 is 1.36 bits per heavy atom. The molecule has 4 unspecified atom stereocenters. The van der Waals surface area contributed by atoms with Gasteiger partial charge in [0.2, 0.25) is 17.7 Å². The Balaban J connectivity index is 5.51. The summed E-state index contributed by atoms with van der Waals surface area (Å²) >= 11 is 0. The molecule has 0 heterocycles. The number of carboxylic acids is 2. The number of carbonyl (C=O) groups excluding carboxylic acids is 3. The van der Waals surface area contributed by atoms with Crippen molar-refractivity contribution in [1.82, 2.24) is 16.0 Å². The van der Waals surface area contributed by atoms with E-state index in [0.29, 0.717) is 25.8 Å². The van der Waals surface area contributed by atoms with E-state index in [9.17, 15) is 29.1 Å².